The fourth-order valence-electron chi connectivity index (χ4n) is 1.75. The number of amides is 1. The van der Waals surface area contributed by atoms with Gasteiger partial charge in [-0.15, -0.1) is 0 Å². The standard InChI is InChI=1S/C13H18N2O/c1-14(2)12-6-4-5-10(9-12)13(16)15(3)11-7-8-11/h4-6,9,11H,7-8H2,1-3H3. The summed E-state index contributed by atoms with van der Waals surface area (Å²) < 4.78 is 0. The molecule has 1 amide bonds. The van der Waals surface area contributed by atoms with E-state index in [2.05, 4.69) is 0 Å². The molecule has 2 rings (SSSR count). The zero-order chi connectivity index (χ0) is 11.7. The fourth-order valence-corrected chi connectivity index (χ4v) is 1.75. The molecule has 86 valence electrons. The lowest BCUT2D eigenvalue weighted by Gasteiger charge is -2.18. The number of hydrogen-bond donors (Lipinski definition) is 0. The molecule has 1 fully saturated rings. The molecule has 16 heavy (non-hydrogen) atoms. The smallest absolute Gasteiger partial charge is 0.253 e. The van der Waals surface area contributed by atoms with E-state index in [-0.39, 0.29) is 5.91 Å². The van der Waals surface area contributed by atoms with E-state index < -0.39 is 0 Å². The second-order valence-electron chi connectivity index (χ2n) is 4.59. The Hall–Kier alpha value is -1.51. The minimum absolute atomic E-state index is 0.131. The minimum Gasteiger partial charge on any atom is -0.378 e. The largest absolute Gasteiger partial charge is 0.378 e. The highest BCUT2D eigenvalue weighted by Gasteiger charge is 2.30. The zero-order valence-corrected chi connectivity index (χ0v) is 10.1. The molecule has 0 aromatic heterocycles. The lowest BCUT2D eigenvalue weighted by Crippen LogP contribution is -2.28. The van der Waals surface area contributed by atoms with Crippen LogP contribution in [0, 0.1) is 0 Å². The lowest BCUT2D eigenvalue weighted by atomic mass is 10.1. The maximum Gasteiger partial charge on any atom is 0.253 e. The van der Waals surface area contributed by atoms with Crippen molar-refractivity contribution in [2.24, 2.45) is 0 Å². The maximum absolute atomic E-state index is 12.1. The first-order chi connectivity index (χ1) is 7.59. The van der Waals surface area contributed by atoms with Crippen LogP contribution in [0.4, 0.5) is 5.69 Å². The molecule has 0 unspecified atom stereocenters. The van der Waals surface area contributed by atoms with Crippen LogP contribution in [0.1, 0.15) is 23.2 Å². The number of hydrogen-bond acceptors (Lipinski definition) is 2. The van der Waals surface area contributed by atoms with E-state index in [1.54, 1.807) is 0 Å². The summed E-state index contributed by atoms with van der Waals surface area (Å²) in [6.45, 7) is 0. The summed E-state index contributed by atoms with van der Waals surface area (Å²) in [4.78, 5) is 16.0. The second-order valence-corrected chi connectivity index (χ2v) is 4.59. The summed E-state index contributed by atoms with van der Waals surface area (Å²) in [5, 5.41) is 0. The van der Waals surface area contributed by atoms with E-state index in [9.17, 15) is 4.79 Å². The quantitative estimate of drug-likeness (QED) is 0.774. The van der Waals surface area contributed by atoms with E-state index in [0.29, 0.717) is 6.04 Å². The minimum atomic E-state index is 0.131. The third kappa shape index (κ3) is 2.18. The lowest BCUT2D eigenvalue weighted by molar-refractivity contribution is 0.0785. The van der Waals surface area contributed by atoms with Crippen LogP contribution in [0.2, 0.25) is 0 Å². The molecule has 1 aliphatic rings. The first kappa shape index (κ1) is 11.0. The highest BCUT2D eigenvalue weighted by Crippen LogP contribution is 2.27. The van der Waals surface area contributed by atoms with Gasteiger partial charge in [0, 0.05) is 38.4 Å². The monoisotopic (exact) mass is 218 g/mol. The Morgan fingerprint density at radius 2 is 1.94 bits per heavy atom. The molecular formula is C13H18N2O. The molecular weight excluding hydrogens is 200 g/mol. The van der Waals surface area contributed by atoms with Crippen LogP contribution in [0.5, 0.6) is 0 Å². The molecule has 0 bridgehead atoms. The van der Waals surface area contributed by atoms with Gasteiger partial charge in [-0.2, -0.15) is 0 Å². The van der Waals surface area contributed by atoms with Crippen LogP contribution in [0.3, 0.4) is 0 Å². The number of carbonyl (C=O) groups excluding carboxylic acids is 1. The van der Waals surface area contributed by atoms with Crippen molar-refractivity contribution in [3.63, 3.8) is 0 Å². The van der Waals surface area contributed by atoms with Gasteiger partial charge in [0.1, 0.15) is 0 Å². The Bertz CT molecular complexity index is 397. The molecule has 0 spiro atoms. The summed E-state index contributed by atoms with van der Waals surface area (Å²) in [5.74, 6) is 0.131. The molecule has 0 heterocycles. The van der Waals surface area contributed by atoms with Crippen molar-refractivity contribution in [3.05, 3.63) is 29.8 Å². The van der Waals surface area contributed by atoms with E-state index in [4.69, 9.17) is 0 Å². The number of nitrogens with zero attached hydrogens (tertiary/aromatic N) is 2. The normalized spacial score (nSPS) is 14.7. The van der Waals surface area contributed by atoms with Crippen molar-refractivity contribution in [1.29, 1.82) is 0 Å². The highest BCUT2D eigenvalue weighted by molar-refractivity contribution is 5.95. The molecule has 1 aromatic carbocycles. The Balaban J connectivity index is 2.19. The molecule has 1 aromatic rings. The van der Waals surface area contributed by atoms with Crippen molar-refractivity contribution in [3.8, 4) is 0 Å². The van der Waals surface area contributed by atoms with Gasteiger partial charge in [-0.3, -0.25) is 4.79 Å². The maximum atomic E-state index is 12.1. The molecule has 3 heteroatoms. The molecule has 0 radical (unpaired) electrons. The average molecular weight is 218 g/mol. The van der Waals surface area contributed by atoms with Gasteiger partial charge in [0.15, 0.2) is 0 Å². The van der Waals surface area contributed by atoms with Crippen LogP contribution in [0.15, 0.2) is 24.3 Å². The van der Waals surface area contributed by atoms with Crippen LogP contribution in [0.25, 0.3) is 0 Å². The van der Waals surface area contributed by atoms with Gasteiger partial charge in [0.05, 0.1) is 0 Å². The third-order valence-electron chi connectivity index (χ3n) is 3.02. The average Bonchev–Trinajstić information content (AvgIpc) is 3.11. The van der Waals surface area contributed by atoms with Crippen LogP contribution >= 0.6 is 0 Å². The van der Waals surface area contributed by atoms with Gasteiger partial charge in [-0.1, -0.05) is 6.07 Å². The van der Waals surface area contributed by atoms with E-state index in [1.807, 2.05) is 55.2 Å². The summed E-state index contributed by atoms with van der Waals surface area (Å²) >= 11 is 0. The molecule has 0 saturated heterocycles. The first-order valence-corrected chi connectivity index (χ1v) is 5.64. The molecule has 0 aliphatic heterocycles. The molecule has 3 nitrogen and oxygen atoms in total. The zero-order valence-electron chi connectivity index (χ0n) is 10.1. The van der Waals surface area contributed by atoms with Gasteiger partial charge in [0.2, 0.25) is 0 Å². The van der Waals surface area contributed by atoms with Crippen LogP contribution in [-0.4, -0.2) is 38.0 Å². The first-order valence-electron chi connectivity index (χ1n) is 5.64. The number of benzene rings is 1. The predicted octanol–water partition coefficient (Wildman–Crippen LogP) is 1.99. The van der Waals surface area contributed by atoms with Gasteiger partial charge < -0.3 is 9.80 Å². The molecule has 1 aliphatic carbocycles. The topological polar surface area (TPSA) is 23.6 Å². The number of rotatable bonds is 3. The van der Waals surface area contributed by atoms with Crippen molar-refractivity contribution >= 4 is 11.6 Å². The summed E-state index contributed by atoms with van der Waals surface area (Å²) in [5.41, 5.74) is 1.84. The molecule has 0 atom stereocenters. The SMILES string of the molecule is CN(C)c1cccc(C(=O)N(C)C2CC2)c1. The van der Waals surface area contributed by atoms with E-state index in [1.165, 1.54) is 0 Å². The van der Waals surface area contributed by atoms with Gasteiger partial charge in [-0.05, 0) is 31.0 Å². The highest BCUT2D eigenvalue weighted by atomic mass is 16.2. The summed E-state index contributed by atoms with van der Waals surface area (Å²) in [6.07, 6.45) is 2.30. The van der Waals surface area contributed by atoms with Crippen molar-refractivity contribution in [2.75, 3.05) is 26.0 Å². The molecule has 1 saturated carbocycles. The summed E-state index contributed by atoms with van der Waals surface area (Å²) in [6, 6.07) is 8.24. The Labute approximate surface area is 96.7 Å². The Morgan fingerprint density at radius 3 is 2.50 bits per heavy atom. The fraction of sp³-hybridized carbons (Fsp3) is 0.462. The van der Waals surface area contributed by atoms with Gasteiger partial charge in [0.25, 0.3) is 5.91 Å². The number of anilines is 1. The second kappa shape index (κ2) is 4.16. The Morgan fingerprint density at radius 1 is 1.25 bits per heavy atom. The van der Waals surface area contributed by atoms with Crippen molar-refractivity contribution in [1.82, 2.24) is 4.90 Å². The number of carbonyl (C=O) groups is 1. The van der Waals surface area contributed by atoms with Crippen molar-refractivity contribution < 1.29 is 4.79 Å². The predicted molar refractivity (Wildman–Crippen MR) is 65.9 cm³/mol. The van der Waals surface area contributed by atoms with Crippen LogP contribution < -0.4 is 4.90 Å². The molecule has 0 N–H and O–H groups in total. The summed E-state index contributed by atoms with van der Waals surface area (Å²) in [7, 11) is 5.85. The van der Waals surface area contributed by atoms with Gasteiger partial charge in [-0.25, -0.2) is 0 Å². The van der Waals surface area contributed by atoms with Crippen molar-refractivity contribution in [2.45, 2.75) is 18.9 Å². The van der Waals surface area contributed by atoms with Gasteiger partial charge >= 0.3 is 0 Å². The van der Waals surface area contributed by atoms with E-state index >= 15 is 0 Å². The third-order valence-corrected chi connectivity index (χ3v) is 3.02. The Kier molecular flexibility index (Phi) is 2.86. The van der Waals surface area contributed by atoms with Crippen LogP contribution in [-0.2, 0) is 0 Å². The van der Waals surface area contributed by atoms with E-state index in [0.717, 1.165) is 24.1 Å².